The lowest BCUT2D eigenvalue weighted by Gasteiger charge is -2.21. The van der Waals surface area contributed by atoms with Crippen molar-refractivity contribution in [2.75, 3.05) is 0 Å². The summed E-state index contributed by atoms with van der Waals surface area (Å²) in [4.78, 5) is 31.1. The second kappa shape index (κ2) is 8.18. The van der Waals surface area contributed by atoms with Crippen LogP contribution in [0, 0.1) is 6.92 Å². The Hall–Kier alpha value is -3.97. The highest BCUT2D eigenvalue weighted by Crippen LogP contribution is 2.25. The van der Waals surface area contributed by atoms with Gasteiger partial charge in [-0.3, -0.25) is 14.2 Å². The van der Waals surface area contributed by atoms with E-state index in [1.54, 1.807) is 27.4 Å². The molecule has 0 spiro atoms. The molecule has 0 radical (unpaired) electrons. The summed E-state index contributed by atoms with van der Waals surface area (Å²) in [7, 11) is 0. The quantitative estimate of drug-likeness (QED) is 0.431. The molecule has 0 aliphatic carbocycles. The van der Waals surface area contributed by atoms with Gasteiger partial charge in [-0.1, -0.05) is 41.9 Å². The van der Waals surface area contributed by atoms with E-state index >= 15 is 0 Å². The van der Waals surface area contributed by atoms with Gasteiger partial charge in [0, 0.05) is 23.3 Å². The molecule has 8 heteroatoms. The Bertz CT molecular complexity index is 1570. The van der Waals surface area contributed by atoms with Crippen LogP contribution in [-0.2, 0) is 0 Å². The number of hydrogen-bond acceptors (Lipinski definition) is 4. The van der Waals surface area contributed by atoms with Crippen LogP contribution in [0.25, 0.3) is 22.1 Å². The number of hydrogen-bond donors (Lipinski definition) is 1. The Morgan fingerprint density at radius 1 is 1.09 bits per heavy atom. The number of fused-ring (bicyclic) bond motifs is 2. The number of pyridine rings is 1. The van der Waals surface area contributed by atoms with Gasteiger partial charge < -0.3 is 5.32 Å². The minimum Gasteiger partial charge on any atom is -0.344 e. The molecule has 0 saturated carbocycles. The first kappa shape index (κ1) is 20.9. The number of nitrogens with one attached hydrogen (secondary N) is 1. The van der Waals surface area contributed by atoms with Crippen molar-refractivity contribution in [1.29, 1.82) is 0 Å². The number of benzene rings is 2. The summed E-state index contributed by atoms with van der Waals surface area (Å²) in [6, 6.07) is 17.9. The number of para-hydroxylation sites is 1. The van der Waals surface area contributed by atoms with Crippen LogP contribution < -0.4 is 10.9 Å². The predicted molar refractivity (Wildman–Crippen MR) is 128 cm³/mol. The first-order chi connectivity index (χ1) is 15.9. The SMILES string of the molecule is Cc1ccn2ncc(C(=O)NC(C)c3cc4cccc(Cl)c4c(=O)n3-c3ccccc3)c2n1. The fraction of sp³-hybridized carbons (Fsp3) is 0.120. The third-order valence-electron chi connectivity index (χ3n) is 5.58. The zero-order valence-electron chi connectivity index (χ0n) is 18.0. The normalized spacial score (nSPS) is 12.2. The summed E-state index contributed by atoms with van der Waals surface area (Å²) in [5.74, 6) is -0.325. The second-order valence-electron chi connectivity index (χ2n) is 7.84. The molecule has 1 N–H and O–H groups in total. The molecule has 164 valence electrons. The van der Waals surface area contributed by atoms with Crippen LogP contribution >= 0.6 is 11.6 Å². The number of nitrogens with zero attached hydrogens (tertiary/aromatic N) is 4. The zero-order chi connectivity index (χ0) is 23.1. The van der Waals surface area contributed by atoms with Gasteiger partial charge in [-0.05, 0) is 49.6 Å². The zero-order valence-corrected chi connectivity index (χ0v) is 18.7. The van der Waals surface area contributed by atoms with Crippen LogP contribution in [0.3, 0.4) is 0 Å². The number of aromatic nitrogens is 4. The van der Waals surface area contributed by atoms with E-state index in [0.717, 1.165) is 5.69 Å². The summed E-state index contributed by atoms with van der Waals surface area (Å²) >= 11 is 6.37. The Morgan fingerprint density at radius 2 is 1.88 bits per heavy atom. The van der Waals surface area contributed by atoms with Crippen molar-refractivity contribution in [2.24, 2.45) is 0 Å². The Labute approximate surface area is 194 Å². The first-order valence-electron chi connectivity index (χ1n) is 10.5. The van der Waals surface area contributed by atoms with Gasteiger partial charge in [0.15, 0.2) is 5.65 Å². The molecule has 0 fully saturated rings. The minimum atomic E-state index is -0.492. The average Bonchev–Trinajstić information content (AvgIpc) is 3.22. The Morgan fingerprint density at radius 3 is 2.67 bits per heavy atom. The van der Waals surface area contributed by atoms with Crippen molar-refractivity contribution in [3.05, 3.63) is 105 Å². The molecule has 3 heterocycles. The first-order valence-corrected chi connectivity index (χ1v) is 10.8. The van der Waals surface area contributed by atoms with Crippen LogP contribution in [0.1, 0.15) is 34.7 Å². The van der Waals surface area contributed by atoms with E-state index in [-0.39, 0.29) is 11.5 Å². The van der Waals surface area contributed by atoms with Gasteiger partial charge in [-0.15, -0.1) is 0 Å². The van der Waals surface area contributed by atoms with Gasteiger partial charge in [0.05, 0.1) is 22.6 Å². The molecule has 0 saturated heterocycles. The molecule has 0 aliphatic rings. The smallest absolute Gasteiger partial charge is 0.264 e. The lowest BCUT2D eigenvalue weighted by molar-refractivity contribution is 0.0940. The van der Waals surface area contributed by atoms with Gasteiger partial charge >= 0.3 is 0 Å². The largest absolute Gasteiger partial charge is 0.344 e. The van der Waals surface area contributed by atoms with Gasteiger partial charge in [-0.2, -0.15) is 5.10 Å². The molecule has 7 nitrogen and oxygen atoms in total. The van der Waals surface area contributed by atoms with Gasteiger partial charge in [0.1, 0.15) is 5.56 Å². The van der Waals surface area contributed by atoms with E-state index in [1.807, 2.05) is 62.4 Å². The highest BCUT2D eigenvalue weighted by Gasteiger charge is 2.21. The van der Waals surface area contributed by atoms with Crippen molar-refractivity contribution in [3.63, 3.8) is 0 Å². The van der Waals surface area contributed by atoms with Crippen LogP contribution in [0.15, 0.2) is 77.9 Å². The summed E-state index contributed by atoms with van der Waals surface area (Å²) in [5.41, 5.74) is 2.71. The van der Waals surface area contributed by atoms with Crippen molar-refractivity contribution in [1.82, 2.24) is 24.5 Å². The van der Waals surface area contributed by atoms with Crippen molar-refractivity contribution < 1.29 is 4.79 Å². The highest BCUT2D eigenvalue weighted by molar-refractivity contribution is 6.35. The molecule has 33 heavy (non-hydrogen) atoms. The van der Waals surface area contributed by atoms with Crippen LogP contribution in [0.2, 0.25) is 5.02 Å². The highest BCUT2D eigenvalue weighted by atomic mass is 35.5. The number of aryl methyl sites for hydroxylation is 1. The molecule has 5 aromatic rings. The predicted octanol–water partition coefficient (Wildman–Crippen LogP) is 4.49. The van der Waals surface area contributed by atoms with Crippen molar-refractivity contribution >= 4 is 33.9 Å². The van der Waals surface area contributed by atoms with Gasteiger partial charge in [0.2, 0.25) is 0 Å². The monoisotopic (exact) mass is 457 g/mol. The molecule has 1 amide bonds. The molecule has 2 aromatic carbocycles. The number of rotatable bonds is 4. The molecule has 3 aromatic heterocycles. The van der Waals surface area contributed by atoms with Gasteiger partial charge in [-0.25, -0.2) is 9.50 Å². The Kier molecular flexibility index (Phi) is 5.18. The van der Waals surface area contributed by atoms with E-state index in [4.69, 9.17) is 11.6 Å². The third-order valence-corrected chi connectivity index (χ3v) is 5.90. The summed E-state index contributed by atoms with van der Waals surface area (Å²) in [5, 5.41) is 8.75. The topological polar surface area (TPSA) is 81.3 Å². The van der Waals surface area contributed by atoms with E-state index in [9.17, 15) is 9.59 Å². The molecule has 5 rings (SSSR count). The maximum Gasteiger partial charge on any atom is 0.264 e. The van der Waals surface area contributed by atoms with Crippen LogP contribution in [-0.4, -0.2) is 25.1 Å². The summed E-state index contributed by atoms with van der Waals surface area (Å²) < 4.78 is 3.15. The van der Waals surface area contributed by atoms with Gasteiger partial charge in [0.25, 0.3) is 11.5 Å². The summed E-state index contributed by atoms with van der Waals surface area (Å²) in [6.45, 7) is 3.70. The van der Waals surface area contributed by atoms with Crippen LogP contribution in [0.5, 0.6) is 0 Å². The van der Waals surface area contributed by atoms with E-state index in [0.29, 0.717) is 38.4 Å². The maximum absolute atomic E-state index is 13.5. The molecular weight excluding hydrogens is 438 g/mol. The number of halogens is 1. The van der Waals surface area contributed by atoms with E-state index < -0.39 is 6.04 Å². The fourth-order valence-corrected chi connectivity index (χ4v) is 4.23. The fourth-order valence-electron chi connectivity index (χ4n) is 3.97. The molecular formula is C25H20ClN5O2. The molecule has 1 atom stereocenters. The van der Waals surface area contributed by atoms with Crippen molar-refractivity contribution in [3.8, 4) is 5.69 Å². The van der Waals surface area contributed by atoms with Crippen LogP contribution in [0.4, 0.5) is 0 Å². The Balaban J connectivity index is 1.62. The molecule has 1 unspecified atom stereocenters. The van der Waals surface area contributed by atoms with E-state index in [1.165, 1.54) is 6.20 Å². The lowest BCUT2D eigenvalue weighted by atomic mass is 10.1. The second-order valence-corrected chi connectivity index (χ2v) is 8.25. The maximum atomic E-state index is 13.5. The standard InChI is InChI=1S/C25H20ClN5O2/c1-15-11-12-30-23(28-15)19(14-27-30)24(32)29-16(2)21-13-17-7-6-10-20(26)22(17)25(33)31(21)18-8-4-3-5-9-18/h3-14,16H,1-2H3,(H,29,32). The third kappa shape index (κ3) is 3.66. The number of carbonyl (C=O) groups excluding carboxylic acids is 1. The lowest BCUT2D eigenvalue weighted by Crippen LogP contribution is -2.32. The molecule has 0 bridgehead atoms. The summed E-state index contributed by atoms with van der Waals surface area (Å²) in [6.07, 6.45) is 3.26. The molecule has 0 aliphatic heterocycles. The number of amides is 1. The van der Waals surface area contributed by atoms with Crippen molar-refractivity contribution in [2.45, 2.75) is 19.9 Å². The minimum absolute atomic E-state index is 0.242. The number of carbonyl (C=O) groups is 1. The average molecular weight is 458 g/mol. The van der Waals surface area contributed by atoms with E-state index in [2.05, 4.69) is 15.4 Å².